The van der Waals surface area contributed by atoms with Gasteiger partial charge in [-0.15, -0.1) is 0 Å². The molecule has 3 nitrogen and oxygen atoms in total. The van der Waals surface area contributed by atoms with Gasteiger partial charge in [0.15, 0.2) is 5.78 Å². The number of allylic oxidation sites excluding steroid dienone is 2. The van der Waals surface area contributed by atoms with Crippen molar-refractivity contribution >= 4 is 11.6 Å². The monoisotopic (exact) mass is 283 g/mol. The van der Waals surface area contributed by atoms with Gasteiger partial charge in [0.1, 0.15) is 0 Å². The summed E-state index contributed by atoms with van der Waals surface area (Å²) in [5, 5.41) is 3.18. The largest absolute Gasteiger partial charge is 0.382 e. The molecule has 0 bridgehead atoms. The smallest absolute Gasteiger partial charge is 0.209 e. The van der Waals surface area contributed by atoms with Crippen LogP contribution in [0.1, 0.15) is 59.2 Å². The van der Waals surface area contributed by atoms with Gasteiger partial charge in [-0.25, -0.2) is 0 Å². The SMILES string of the molecule is O=C1C=C(NCCC2CCCCC2)C(=O)c2ccccc21. The number of ketones is 2. The molecule has 0 unspecified atom stereocenters. The number of carbonyl (C=O) groups is 2. The van der Waals surface area contributed by atoms with E-state index in [1.165, 1.54) is 38.2 Å². The Morgan fingerprint density at radius 2 is 1.71 bits per heavy atom. The van der Waals surface area contributed by atoms with Crippen LogP contribution in [-0.2, 0) is 0 Å². The molecule has 3 rings (SSSR count). The summed E-state index contributed by atoms with van der Waals surface area (Å²) < 4.78 is 0. The van der Waals surface area contributed by atoms with Gasteiger partial charge in [-0.2, -0.15) is 0 Å². The molecule has 110 valence electrons. The molecule has 0 aromatic heterocycles. The number of carbonyl (C=O) groups excluding carboxylic acids is 2. The van der Waals surface area contributed by atoms with Crippen LogP contribution in [0.25, 0.3) is 0 Å². The van der Waals surface area contributed by atoms with Crippen molar-refractivity contribution in [2.45, 2.75) is 38.5 Å². The zero-order valence-electron chi connectivity index (χ0n) is 12.2. The summed E-state index contributed by atoms with van der Waals surface area (Å²) in [6.07, 6.45) is 9.16. The molecule has 1 fully saturated rings. The molecule has 0 radical (unpaired) electrons. The van der Waals surface area contributed by atoms with E-state index < -0.39 is 0 Å². The van der Waals surface area contributed by atoms with Crippen molar-refractivity contribution in [1.29, 1.82) is 0 Å². The van der Waals surface area contributed by atoms with Crippen LogP contribution >= 0.6 is 0 Å². The molecule has 1 aromatic rings. The fraction of sp³-hybridized carbons (Fsp3) is 0.444. The minimum absolute atomic E-state index is 0.0613. The molecule has 0 amide bonds. The maximum atomic E-state index is 12.4. The number of nitrogens with one attached hydrogen (secondary N) is 1. The Morgan fingerprint density at radius 3 is 2.48 bits per heavy atom. The second kappa shape index (κ2) is 6.25. The topological polar surface area (TPSA) is 46.2 Å². The zero-order chi connectivity index (χ0) is 14.7. The fourth-order valence-electron chi connectivity index (χ4n) is 3.33. The highest BCUT2D eigenvalue weighted by Gasteiger charge is 2.25. The van der Waals surface area contributed by atoms with E-state index in [0.717, 1.165) is 18.9 Å². The lowest BCUT2D eigenvalue weighted by atomic mass is 9.87. The molecule has 2 aliphatic rings. The first-order valence-electron chi connectivity index (χ1n) is 7.89. The predicted octanol–water partition coefficient (Wildman–Crippen LogP) is 3.51. The summed E-state index contributed by atoms with van der Waals surface area (Å²) in [5.41, 5.74) is 1.49. The Labute approximate surface area is 125 Å². The molecule has 0 saturated heterocycles. The van der Waals surface area contributed by atoms with Crippen molar-refractivity contribution < 1.29 is 9.59 Å². The molecule has 3 heteroatoms. The lowest BCUT2D eigenvalue weighted by molar-refractivity contribution is 0.0978. The fourth-order valence-corrected chi connectivity index (χ4v) is 3.33. The van der Waals surface area contributed by atoms with Gasteiger partial charge in [-0.05, 0) is 12.3 Å². The van der Waals surface area contributed by atoms with Gasteiger partial charge in [-0.3, -0.25) is 9.59 Å². The molecule has 1 aromatic carbocycles. The first-order chi connectivity index (χ1) is 10.3. The molecule has 0 atom stereocenters. The third kappa shape index (κ3) is 3.07. The summed E-state index contributed by atoms with van der Waals surface area (Å²) >= 11 is 0. The average molecular weight is 283 g/mol. The number of rotatable bonds is 4. The standard InChI is InChI=1S/C18H21NO2/c20-17-12-16(18(21)15-9-5-4-8-14(15)17)19-11-10-13-6-2-1-3-7-13/h4-5,8-9,12-13,19H,1-3,6-7,10-11H2. The van der Waals surface area contributed by atoms with Crippen LogP contribution in [0.5, 0.6) is 0 Å². The summed E-state index contributed by atoms with van der Waals surface area (Å²) in [6.45, 7) is 0.775. The third-order valence-corrected chi connectivity index (χ3v) is 4.55. The highest BCUT2D eigenvalue weighted by molar-refractivity contribution is 6.24. The van der Waals surface area contributed by atoms with Gasteiger partial charge in [0, 0.05) is 23.7 Å². The molecule has 1 N–H and O–H groups in total. The maximum Gasteiger partial charge on any atom is 0.209 e. The molecule has 0 spiro atoms. The van der Waals surface area contributed by atoms with Gasteiger partial charge in [0.25, 0.3) is 0 Å². The van der Waals surface area contributed by atoms with Gasteiger partial charge in [-0.1, -0.05) is 56.4 Å². The first-order valence-corrected chi connectivity index (χ1v) is 7.89. The second-order valence-corrected chi connectivity index (χ2v) is 6.02. The minimum atomic E-state index is -0.0784. The van der Waals surface area contributed by atoms with Crippen molar-refractivity contribution in [2.24, 2.45) is 5.92 Å². The van der Waals surface area contributed by atoms with Crippen LogP contribution in [0.3, 0.4) is 0 Å². The summed E-state index contributed by atoms with van der Waals surface area (Å²) in [5.74, 6) is 0.632. The Bertz CT molecular complexity index is 583. The normalized spacial score (nSPS) is 19.1. The van der Waals surface area contributed by atoms with E-state index in [0.29, 0.717) is 16.8 Å². The number of hydrogen-bond donors (Lipinski definition) is 1. The van der Waals surface area contributed by atoms with Crippen LogP contribution in [0, 0.1) is 5.92 Å². The number of hydrogen-bond acceptors (Lipinski definition) is 3. The summed E-state index contributed by atoms with van der Waals surface area (Å²) in [7, 11) is 0. The van der Waals surface area contributed by atoms with Gasteiger partial charge >= 0.3 is 0 Å². The van der Waals surface area contributed by atoms with Crippen molar-refractivity contribution in [3.05, 3.63) is 47.2 Å². The van der Waals surface area contributed by atoms with E-state index in [-0.39, 0.29) is 11.6 Å². The van der Waals surface area contributed by atoms with E-state index in [1.54, 1.807) is 24.3 Å². The van der Waals surface area contributed by atoms with E-state index >= 15 is 0 Å². The average Bonchev–Trinajstić information content (AvgIpc) is 2.53. The minimum Gasteiger partial charge on any atom is -0.382 e. The maximum absolute atomic E-state index is 12.4. The second-order valence-electron chi connectivity index (χ2n) is 6.02. The number of Topliss-reactive ketones (excluding diaryl/α,β-unsaturated/α-hetero) is 1. The Balaban J connectivity index is 1.61. The lowest BCUT2D eigenvalue weighted by Gasteiger charge is -2.22. The molecule has 21 heavy (non-hydrogen) atoms. The number of fused-ring (bicyclic) bond motifs is 1. The van der Waals surface area contributed by atoms with Crippen molar-refractivity contribution in [3.63, 3.8) is 0 Å². The Morgan fingerprint density at radius 1 is 1.00 bits per heavy atom. The highest BCUT2D eigenvalue weighted by atomic mass is 16.1. The van der Waals surface area contributed by atoms with Crippen LogP contribution in [-0.4, -0.2) is 18.1 Å². The van der Waals surface area contributed by atoms with Gasteiger partial charge < -0.3 is 5.32 Å². The van der Waals surface area contributed by atoms with Crippen molar-refractivity contribution in [2.75, 3.05) is 6.54 Å². The van der Waals surface area contributed by atoms with Gasteiger partial charge in [0.05, 0.1) is 5.70 Å². The highest BCUT2D eigenvalue weighted by Crippen LogP contribution is 2.26. The molecule has 0 heterocycles. The van der Waals surface area contributed by atoms with E-state index in [4.69, 9.17) is 0 Å². The van der Waals surface area contributed by atoms with E-state index in [2.05, 4.69) is 5.32 Å². The van der Waals surface area contributed by atoms with Crippen molar-refractivity contribution in [1.82, 2.24) is 5.32 Å². The molecule has 0 aliphatic heterocycles. The quantitative estimate of drug-likeness (QED) is 0.919. The van der Waals surface area contributed by atoms with Crippen LogP contribution in [0.15, 0.2) is 36.0 Å². The Kier molecular flexibility index (Phi) is 4.18. The first kappa shape index (κ1) is 14.1. The molecular weight excluding hydrogens is 262 g/mol. The van der Waals surface area contributed by atoms with Crippen LogP contribution < -0.4 is 5.32 Å². The third-order valence-electron chi connectivity index (χ3n) is 4.55. The molecule has 1 saturated carbocycles. The summed E-state index contributed by atoms with van der Waals surface area (Å²) in [6, 6.07) is 7.03. The molecule has 2 aliphatic carbocycles. The van der Waals surface area contributed by atoms with Gasteiger partial charge in [0.2, 0.25) is 5.78 Å². The van der Waals surface area contributed by atoms with Crippen LogP contribution in [0.4, 0.5) is 0 Å². The zero-order valence-corrected chi connectivity index (χ0v) is 12.2. The van der Waals surface area contributed by atoms with E-state index in [1.807, 2.05) is 0 Å². The van der Waals surface area contributed by atoms with Crippen molar-refractivity contribution in [3.8, 4) is 0 Å². The van der Waals surface area contributed by atoms with E-state index in [9.17, 15) is 9.59 Å². The Hall–Kier alpha value is -1.90. The summed E-state index contributed by atoms with van der Waals surface area (Å²) in [4.78, 5) is 24.4. The predicted molar refractivity (Wildman–Crippen MR) is 82.4 cm³/mol. The lowest BCUT2D eigenvalue weighted by Crippen LogP contribution is -2.28. The van der Waals surface area contributed by atoms with Crippen LogP contribution in [0.2, 0.25) is 0 Å². The number of benzene rings is 1. The molecular formula is C18H21NO2.